The molecule has 0 aromatic carbocycles. The number of carboxylic acid groups (broad SMARTS) is 1. The van der Waals surface area contributed by atoms with Gasteiger partial charge in [0.05, 0.1) is 12.5 Å². The van der Waals surface area contributed by atoms with Gasteiger partial charge in [-0.2, -0.15) is 0 Å². The summed E-state index contributed by atoms with van der Waals surface area (Å²) in [6.45, 7) is 6.51. The fourth-order valence-corrected chi connectivity index (χ4v) is 2.65. The van der Waals surface area contributed by atoms with Crippen molar-refractivity contribution in [3.63, 3.8) is 0 Å². The Morgan fingerprint density at radius 3 is 2.35 bits per heavy atom. The summed E-state index contributed by atoms with van der Waals surface area (Å²) in [5.41, 5.74) is -0.0596. The lowest BCUT2D eigenvalue weighted by atomic mass is 9.84. The smallest absolute Gasteiger partial charge is 0.308 e. The van der Waals surface area contributed by atoms with Crippen molar-refractivity contribution in [1.29, 1.82) is 0 Å². The number of rotatable bonds is 7. The number of hydrogen-bond donors (Lipinski definition) is 3. The van der Waals surface area contributed by atoms with Crippen LogP contribution in [0.5, 0.6) is 0 Å². The van der Waals surface area contributed by atoms with Crippen LogP contribution in [0.2, 0.25) is 0 Å². The first-order chi connectivity index (χ1) is 9.28. The molecule has 0 aliphatic heterocycles. The predicted octanol–water partition coefficient (Wildman–Crippen LogP) is 1.77. The van der Waals surface area contributed by atoms with Gasteiger partial charge in [0, 0.05) is 12.6 Å². The zero-order chi connectivity index (χ0) is 15.2. The molecule has 116 valence electrons. The van der Waals surface area contributed by atoms with E-state index in [0.717, 1.165) is 12.8 Å². The highest BCUT2D eigenvalue weighted by molar-refractivity contribution is 5.79. The molecule has 1 aliphatic carbocycles. The van der Waals surface area contributed by atoms with Crippen LogP contribution < -0.4 is 10.6 Å². The second-order valence-electron chi connectivity index (χ2n) is 6.97. The minimum absolute atomic E-state index is 0.0596. The van der Waals surface area contributed by atoms with Gasteiger partial charge in [-0.25, -0.2) is 0 Å². The molecule has 1 atom stereocenters. The first kappa shape index (κ1) is 17.0. The number of nitrogens with one attached hydrogen (secondary N) is 2. The Kier molecular flexibility index (Phi) is 6.46. The molecule has 0 aromatic heterocycles. The van der Waals surface area contributed by atoms with E-state index in [1.807, 2.05) is 20.8 Å². The molecule has 1 rings (SSSR count). The average Bonchev–Trinajstić information content (AvgIpc) is 2.83. The molecule has 3 N–H and O–H groups in total. The summed E-state index contributed by atoms with van der Waals surface area (Å²) in [6.07, 6.45) is 5.28. The normalized spacial score (nSPS) is 17.9. The first-order valence-corrected chi connectivity index (χ1v) is 7.51. The van der Waals surface area contributed by atoms with Crippen LogP contribution in [0, 0.1) is 11.3 Å². The van der Waals surface area contributed by atoms with Gasteiger partial charge in [0.15, 0.2) is 0 Å². The molecule has 20 heavy (non-hydrogen) atoms. The van der Waals surface area contributed by atoms with Gasteiger partial charge in [0.25, 0.3) is 0 Å². The summed E-state index contributed by atoms with van der Waals surface area (Å²) in [5, 5.41) is 15.1. The minimum atomic E-state index is -0.844. The minimum Gasteiger partial charge on any atom is -0.481 e. The molecule has 1 saturated carbocycles. The van der Waals surface area contributed by atoms with Gasteiger partial charge in [0.1, 0.15) is 0 Å². The van der Waals surface area contributed by atoms with E-state index in [-0.39, 0.29) is 24.4 Å². The Labute approximate surface area is 121 Å². The van der Waals surface area contributed by atoms with E-state index < -0.39 is 11.9 Å². The molecule has 1 unspecified atom stereocenters. The molecule has 5 heteroatoms. The van der Waals surface area contributed by atoms with Crippen molar-refractivity contribution in [1.82, 2.24) is 10.6 Å². The van der Waals surface area contributed by atoms with Crippen LogP contribution in [0.1, 0.15) is 52.9 Å². The third-order valence-electron chi connectivity index (χ3n) is 3.66. The predicted molar refractivity (Wildman–Crippen MR) is 78.5 cm³/mol. The summed E-state index contributed by atoms with van der Waals surface area (Å²) < 4.78 is 0. The van der Waals surface area contributed by atoms with E-state index in [2.05, 4.69) is 10.6 Å². The van der Waals surface area contributed by atoms with Crippen molar-refractivity contribution in [3.8, 4) is 0 Å². The summed E-state index contributed by atoms with van der Waals surface area (Å²) >= 11 is 0. The molecule has 1 fully saturated rings. The number of carboxylic acids is 1. The third-order valence-corrected chi connectivity index (χ3v) is 3.66. The molecule has 0 spiro atoms. The first-order valence-electron chi connectivity index (χ1n) is 7.51. The molecule has 0 saturated heterocycles. The Hall–Kier alpha value is -1.10. The summed E-state index contributed by atoms with van der Waals surface area (Å²) in [6, 6.07) is 0.450. The molecule has 1 amide bonds. The van der Waals surface area contributed by atoms with Crippen molar-refractivity contribution in [3.05, 3.63) is 0 Å². The fraction of sp³-hybridized carbons (Fsp3) is 0.867. The SMILES string of the molecule is CC(C)(C)CC(CNC(=O)CNC1CCCC1)C(=O)O. The van der Waals surface area contributed by atoms with Crippen LogP contribution in [0.15, 0.2) is 0 Å². The van der Waals surface area contributed by atoms with Gasteiger partial charge in [-0.1, -0.05) is 33.6 Å². The zero-order valence-electron chi connectivity index (χ0n) is 12.9. The number of aliphatic carboxylic acids is 1. The van der Waals surface area contributed by atoms with E-state index in [4.69, 9.17) is 0 Å². The van der Waals surface area contributed by atoms with Crippen LogP contribution in [-0.4, -0.2) is 36.1 Å². The molecule has 1 aliphatic rings. The van der Waals surface area contributed by atoms with Gasteiger partial charge >= 0.3 is 5.97 Å². The number of carbonyl (C=O) groups is 2. The lowest BCUT2D eigenvalue weighted by Gasteiger charge is -2.23. The summed E-state index contributed by atoms with van der Waals surface area (Å²) in [4.78, 5) is 22.9. The van der Waals surface area contributed by atoms with E-state index in [9.17, 15) is 14.7 Å². The van der Waals surface area contributed by atoms with E-state index >= 15 is 0 Å². The molecular formula is C15H28N2O3. The number of carbonyl (C=O) groups excluding carboxylic acids is 1. The zero-order valence-corrected chi connectivity index (χ0v) is 12.9. The lowest BCUT2D eigenvalue weighted by Crippen LogP contribution is -2.41. The standard InChI is InChI=1S/C15H28N2O3/c1-15(2,3)8-11(14(19)20)9-17-13(18)10-16-12-6-4-5-7-12/h11-12,16H,4-10H2,1-3H3,(H,17,18)(H,19,20). The maximum atomic E-state index is 11.7. The Morgan fingerprint density at radius 1 is 1.25 bits per heavy atom. The number of hydrogen-bond acceptors (Lipinski definition) is 3. The molecule has 0 heterocycles. The summed E-state index contributed by atoms with van der Waals surface area (Å²) in [7, 11) is 0. The van der Waals surface area contributed by atoms with Gasteiger partial charge in [0.2, 0.25) is 5.91 Å². The highest BCUT2D eigenvalue weighted by Gasteiger charge is 2.25. The van der Waals surface area contributed by atoms with Gasteiger partial charge in [-0.3, -0.25) is 9.59 Å². The molecular weight excluding hydrogens is 256 g/mol. The highest BCUT2D eigenvalue weighted by Crippen LogP contribution is 2.24. The molecule has 0 aromatic rings. The second-order valence-corrected chi connectivity index (χ2v) is 6.97. The molecule has 5 nitrogen and oxygen atoms in total. The van der Waals surface area contributed by atoms with E-state index in [1.165, 1.54) is 12.8 Å². The van der Waals surface area contributed by atoms with Crippen molar-refractivity contribution in [2.75, 3.05) is 13.1 Å². The van der Waals surface area contributed by atoms with Crippen LogP contribution >= 0.6 is 0 Å². The highest BCUT2D eigenvalue weighted by atomic mass is 16.4. The lowest BCUT2D eigenvalue weighted by molar-refractivity contribution is -0.142. The Bertz CT molecular complexity index is 331. The Balaban J connectivity index is 2.27. The average molecular weight is 284 g/mol. The van der Waals surface area contributed by atoms with Crippen molar-refractivity contribution < 1.29 is 14.7 Å². The largest absolute Gasteiger partial charge is 0.481 e. The van der Waals surface area contributed by atoms with E-state index in [1.54, 1.807) is 0 Å². The van der Waals surface area contributed by atoms with Gasteiger partial charge in [-0.05, 0) is 24.7 Å². The second kappa shape index (κ2) is 7.62. The van der Waals surface area contributed by atoms with Crippen LogP contribution in [-0.2, 0) is 9.59 Å². The van der Waals surface area contributed by atoms with Gasteiger partial charge in [-0.15, -0.1) is 0 Å². The number of amides is 1. The third kappa shape index (κ3) is 6.89. The maximum Gasteiger partial charge on any atom is 0.308 e. The van der Waals surface area contributed by atoms with Crippen molar-refractivity contribution >= 4 is 11.9 Å². The van der Waals surface area contributed by atoms with Crippen LogP contribution in [0.4, 0.5) is 0 Å². The molecule has 0 radical (unpaired) electrons. The van der Waals surface area contributed by atoms with Crippen molar-refractivity contribution in [2.45, 2.75) is 58.9 Å². The van der Waals surface area contributed by atoms with Gasteiger partial charge < -0.3 is 15.7 Å². The molecule has 0 bridgehead atoms. The maximum absolute atomic E-state index is 11.7. The Morgan fingerprint density at radius 2 is 1.85 bits per heavy atom. The topological polar surface area (TPSA) is 78.4 Å². The fourth-order valence-electron chi connectivity index (χ4n) is 2.65. The van der Waals surface area contributed by atoms with E-state index in [0.29, 0.717) is 12.5 Å². The van der Waals surface area contributed by atoms with Crippen LogP contribution in [0.3, 0.4) is 0 Å². The summed E-state index contributed by atoms with van der Waals surface area (Å²) in [5.74, 6) is -1.48. The monoisotopic (exact) mass is 284 g/mol. The quantitative estimate of drug-likeness (QED) is 0.666. The van der Waals surface area contributed by atoms with Crippen molar-refractivity contribution in [2.24, 2.45) is 11.3 Å². The van der Waals surface area contributed by atoms with Crippen LogP contribution in [0.25, 0.3) is 0 Å².